The Kier molecular flexibility index (Phi) is 7.30. The lowest BCUT2D eigenvalue weighted by Crippen LogP contribution is -2.62. The fourth-order valence-electron chi connectivity index (χ4n) is 6.42. The van der Waals surface area contributed by atoms with Crippen LogP contribution in [0.2, 0.25) is 5.02 Å². The van der Waals surface area contributed by atoms with Crippen molar-refractivity contribution in [2.75, 3.05) is 18.0 Å². The van der Waals surface area contributed by atoms with Crippen LogP contribution in [0.5, 0.6) is 0 Å². The minimum atomic E-state index is -0.514. The van der Waals surface area contributed by atoms with Crippen LogP contribution in [0.3, 0.4) is 0 Å². The normalized spacial score (nSPS) is 18.5. The molecule has 8 nitrogen and oxygen atoms in total. The second-order valence-corrected chi connectivity index (χ2v) is 11.7. The lowest BCUT2D eigenvalue weighted by Gasteiger charge is -2.50. The summed E-state index contributed by atoms with van der Waals surface area (Å²) in [5, 5.41) is 0.813. The molecular formula is C32H32ClFN6O2. The molecule has 2 aliphatic rings. The van der Waals surface area contributed by atoms with E-state index in [4.69, 9.17) is 16.6 Å². The summed E-state index contributed by atoms with van der Waals surface area (Å²) in [4.78, 5) is 44.9. The highest BCUT2D eigenvalue weighted by Gasteiger charge is 2.40. The van der Waals surface area contributed by atoms with Crippen molar-refractivity contribution in [2.45, 2.75) is 58.0 Å². The van der Waals surface area contributed by atoms with Gasteiger partial charge in [0.15, 0.2) is 5.65 Å². The number of aromatic nitrogens is 4. The number of rotatable bonds is 5. The van der Waals surface area contributed by atoms with Crippen molar-refractivity contribution >= 4 is 34.4 Å². The van der Waals surface area contributed by atoms with Gasteiger partial charge in [0.1, 0.15) is 11.6 Å². The van der Waals surface area contributed by atoms with E-state index in [0.717, 1.165) is 30.5 Å². The number of halogens is 2. The Bertz CT molecular complexity index is 1770. The maximum absolute atomic E-state index is 15.0. The van der Waals surface area contributed by atoms with E-state index in [1.165, 1.54) is 16.7 Å². The first-order valence-electron chi connectivity index (χ1n) is 14.2. The molecule has 42 heavy (non-hydrogen) atoms. The zero-order valence-electron chi connectivity index (χ0n) is 23.8. The summed E-state index contributed by atoms with van der Waals surface area (Å²) in [7, 11) is 0. The molecule has 216 valence electrons. The van der Waals surface area contributed by atoms with E-state index in [1.807, 2.05) is 31.7 Å². The third kappa shape index (κ3) is 4.65. The Morgan fingerprint density at radius 3 is 2.52 bits per heavy atom. The van der Waals surface area contributed by atoms with Crippen LogP contribution in [-0.4, -0.2) is 55.5 Å². The summed E-state index contributed by atoms with van der Waals surface area (Å²) in [5.74, 6) is -0.0820. The first-order valence-corrected chi connectivity index (χ1v) is 14.6. The highest BCUT2D eigenvalue weighted by atomic mass is 35.5. The maximum atomic E-state index is 15.0. The van der Waals surface area contributed by atoms with Crippen LogP contribution >= 0.6 is 11.6 Å². The molecule has 0 N–H and O–H groups in total. The third-order valence-corrected chi connectivity index (χ3v) is 8.60. The standard InChI is InChI=1S/C32H32ClFN6O2/c1-5-26(41)39-20-9-8-10-21(39)17-38(16-20)30-23-15-24(33)28(22-11-6-7-12-25(22)34)36-31(23)40(32(42)37-30)29-19(4)13-14-35-27(29)18(2)3/h5-7,11-15,18,20-21H,1,8-10,16-17H2,2-4H3/t20-,21+. The van der Waals surface area contributed by atoms with Gasteiger partial charge in [-0.1, -0.05) is 44.2 Å². The van der Waals surface area contributed by atoms with Crippen molar-refractivity contribution < 1.29 is 9.18 Å². The Morgan fingerprint density at radius 2 is 1.86 bits per heavy atom. The number of benzene rings is 1. The Labute approximate surface area is 248 Å². The summed E-state index contributed by atoms with van der Waals surface area (Å²) in [5.41, 5.74) is 2.44. The number of nitrogens with zero attached hydrogens (tertiary/aromatic N) is 6. The number of carbonyl (C=O) groups is 1. The van der Waals surface area contributed by atoms with Crippen molar-refractivity contribution in [3.8, 4) is 16.9 Å². The molecule has 0 aliphatic carbocycles. The molecule has 2 aliphatic heterocycles. The zero-order valence-corrected chi connectivity index (χ0v) is 24.6. The number of pyridine rings is 2. The van der Waals surface area contributed by atoms with Gasteiger partial charge in [0.05, 0.1) is 27.5 Å². The van der Waals surface area contributed by atoms with E-state index in [0.29, 0.717) is 35.6 Å². The molecule has 1 amide bonds. The van der Waals surface area contributed by atoms with Crippen LogP contribution in [0, 0.1) is 12.7 Å². The molecule has 3 aromatic heterocycles. The first-order chi connectivity index (χ1) is 20.2. The lowest BCUT2D eigenvalue weighted by atomic mass is 9.91. The molecule has 2 bridgehead atoms. The zero-order chi connectivity index (χ0) is 29.7. The molecule has 2 fully saturated rings. The topological polar surface area (TPSA) is 84.2 Å². The van der Waals surface area contributed by atoms with E-state index in [9.17, 15) is 14.0 Å². The number of hydrogen-bond donors (Lipinski definition) is 0. The van der Waals surface area contributed by atoms with E-state index in [1.54, 1.807) is 30.5 Å². The van der Waals surface area contributed by atoms with Gasteiger partial charge in [-0.2, -0.15) is 4.98 Å². The molecule has 0 unspecified atom stereocenters. The van der Waals surface area contributed by atoms with Crippen molar-refractivity contribution in [3.05, 3.63) is 87.8 Å². The fraction of sp³-hybridized carbons (Fsp3) is 0.344. The van der Waals surface area contributed by atoms with Crippen LogP contribution in [0.25, 0.3) is 28.0 Å². The lowest BCUT2D eigenvalue weighted by molar-refractivity contribution is -0.133. The molecule has 4 aromatic rings. The molecular weight excluding hydrogens is 555 g/mol. The number of hydrogen-bond acceptors (Lipinski definition) is 6. The molecule has 10 heteroatoms. The average Bonchev–Trinajstić information content (AvgIpc) is 2.96. The number of carbonyl (C=O) groups excluding carboxylic acids is 1. The summed E-state index contributed by atoms with van der Waals surface area (Å²) >= 11 is 6.81. The Hall–Kier alpha value is -4.11. The summed E-state index contributed by atoms with van der Waals surface area (Å²) in [6.07, 6.45) is 5.82. The minimum Gasteiger partial charge on any atom is -0.352 e. The van der Waals surface area contributed by atoms with Gasteiger partial charge in [0.2, 0.25) is 5.91 Å². The SMILES string of the molecule is C=CC(=O)N1[C@@H]2CCC[C@H]1CN(c1nc(=O)n(-c3c(C)ccnc3C(C)C)c3nc(-c4ccccc4F)c(Cl)cc13)C2. The van der Waals surface area contributed by atoms with E-state index in [2.05, 4.69) is 21.4 Å². The maximum Gasteiger partial charge on any atom is 0.355 e. The molecule has 0 saturated carbocycles. The van der Waals surface area contributed by atoms with Gasteiger partial charge in [-0.25, -0.2) is 18.7 Å². The number of aryl methyl sites for hydroxylation is 1. The van der Waals surface area contributed by atoms with Crippen molar-refractivity contribution in [2.24, 2.45) is 0 Å². The number of piperazine rings is 1. The summed E-state index contributed by atoms with van der Waals surface area (Å²) in [6, 6.07) is 9.80. The van der Waals surface area contributed by atoms with E-state index < -0.39 is 11.5 Å². The second kappa shape index (κ2) is 10.9. The molecule has 0 radical (unpaired) electrons. The number of piperidine rings is 1. The number of anilines is 1. The molecule has 2 atom stereocenters. The predicted molar refractivity (Wildman–Crippen MR) is 163 cm³/mol. The van der Waals surface area contributed by atoms with Crippen LogP contribution in [0.15, 0.2) is 60.0 Å². The van der Waals surface area contributed by atoms with Crippen molar-refractivity contribution in [1.29, 1.82) is 0 Å². The van der Waals surface area contributed by atoms with Gasteiger partial charge in [-0.3, -0.25) is 9.78 Å². The third-order valence-electron chi connectivity index (χ3n) is 8.31. The first kappa shape index (κ1) is 28.0. The quantitative estimate of drug-likeness (QED) is 0.274. The van der Waals surface area contributed by atoms with Crippen LogP contribution in [0.1, 0.15) is 50.3 Å². The van der Waals surface area contributed by atoms with Gasteiger partial charge in [-0.05, 0) is 68.0 Å². The smallest absolute Gasteiger partial charge is 0.352 e. The Balaban J connectivity index is 1.62. The molecule has 2 saturated heterocycles. The van der Waals surface area contributed by atoms with Gasteiger partial charge in [0, 0.05) is 36.9 Å². The van der Waals surface area contributed by atoms with Crippen LogP contribution in [0.4, 0.5) is 10.2 Å². The van der Waals surface area contributed by atoms with Gasteiger partial charge in [0.25, 0.3) is 0 Å². The predicted octanol–water partition coefficient (Wildman–Crippen LogP) is 5.82. The van der Waals surface area contributed by atoms with Gasteiger partial charge >= 0.3 is 5.69 Å². The average molecular weight is 587 g/mol. The minimum absolute atomic E-state index is 0.00899. The fourth-order valence-corrected chi connectivity index (χ4v) is 6.67. The molecule has 5 heterocycles. The second-order valence-electron chi connectivity index (χ2n) is 11.3. The monoisotopic (exact) mass is 586 g/mol. The van der Waals surface area contributed by atoms with Gasteiger partial charge in [-0.15, -0.1) is 0 Å². The van der Waals surface area contributed by atoms with E-state index >= 15 is 0 Å². The largest absolute Gasteiger partial charge is 0.355 e. The highest BCUT2D eigenvalue weighted by molar-refractivity contribution is 6.33. The molecule has 0 spiro atoms. The Morgan fingerprint density at radius 1 is 1.14 bits per heavy atom. The van der Waals surface area contributed by atoms with Crippen LogP contribution < -0.4 is 10.6 Å². The summed E-state index contributed by atoms with van der Waals surface area (Å²) < 4.78 is 16.5. The highest BCUT2D eigenvalue weighted by Crippen LogP contribution is 2.37. The van der Waals surface area contributed by atoms with Crippen molar-refractivity contribution in [3.63, 3.8) is 0 Å². The van der Waals surface area contributed by atoms with E-state index in [-0.39, 0.29) is 40.2 Å². The molecule has 6 rings (SSSR count). The number of amides is 1. The summed E-state index contributed by atoms with van der Waals surface area (Å²) in [6.45, 7) is 10.7. The van der Waals surface area contributed by atoms with Crippen LogP contribution in [-0.2, 0) is 4.79 Å². The van der Waals surface area contributed by atoms with Crippen molar-refractivity contribution in [1.82, 2.24) is 24.4 Å². The van der Waals surface area contributed by atoms with Gasteiger partial charge < -0.3 is 9.80 Å². The number of fused-ring (bicyclic) bond motifs is 3. The molecule has 1 aromatic carbocycles.